The Hall–Kier alpha value is -3.50. The van der Waals surface area contributed by atoms with Gasteiger partial charge in [-0.05, 0) is 55.0 Å². The van der Waals surface area contributed by atoms with Gasteiger partial charge in [0.05, 0.1) is 4.90 Å². The lowest BCUT2D eigenvalue weighted by Gasteiger charge is -2.18. The molecule has 182 valence electrons. The Morgan fingerprint density at radius 3 is 1.97 bits per heavy atom. The molecule has 34 heavy (non-hydrogen) atoms. The number of carbonyl (C=O) groups is 3. The van der Waals surface area contributed by atoms with Crippen LogP contribution in [-0.2, 0) is 29.1 Å². The van der Waals surface area contributed by atoms with Gasteiger partial charge in [-0.3, -0.25) is 9.59 Å². The molecule has 2 N–H and O–H groups in total. The zero-order chi connectivity index (χ0) is 25.3. The van der Waals surface area contributed by atoms with E-state index in [0.29, 0.717) is 30.0 Å². The minimum absolute atomic E-state index is 0.173. The summed E-state index contributed by atoms with van der Waals surface area (Å²) < 4.78 is 31.5. The molecule has 0 saturated carbocycles. The van der Waals surface area contributed by atoms with Gasteiger partial charge in [-0.15, -0.1) is 0 Å². The van der Waals surface area contributed by atoms with Gasteiger partial charge in [0.15, 0.2) is 6.10 Å². The van der Waals surface area contributed by atoms with Crippen LogP contribution in [0.25, 0.3) is 6.08 Å². The zero-order valence-electron chi connectivity index (χ0n) is 19.6. The molecule has 0 spiro atoms. The average Bonchev–Trinajstić information content (AvgIpc) is 2.79. The van der Waals surface area contributed by atoms with Crippen LogP contribution in [0.3, 0.4) is 0 Å². The minimum Gasteiger partial charge on any atom is -0.449 e. The molecule has 0 aliphatic heterocycles. The monoisotopic (exact) mass is 487 g/mol. The number of benzene rings is 2. The maximum atomic E-state index is 12.5. The van der Waals surface area contributed by atoms with Crippen LogP contribution in [0.5, 0.6) is 0 Å². The van der Waals surface area contributed by atoms with Crippen LogP contribution in [0.4, 0.5) is 11.4 Å². The molecule has 0 bridgehead atoms. The lowest BCUT2D eigenvalue weighted by atomic mass is 10.2. The van der Waals surface area contributed by atoms with Gasteiger partial charge in [0.2, 0.25) is 15.9 Å². The summed E-state index contributed by atoms with van der Waals surface area (Å²) in [5.74, 6) is -1.44. The molecule has 0 aliphatic rings. The molecule has 9 nitrogen and oxygen atoms in total. The van der Waals surface area contributed by atoms with Crippen molar-refractivity contribution in [1.29, 1.82) is 0 Å². The first-order valence-corrected chi connectivity index (χ1v) is 12.2. The Morgan fingerprint density at radius 2 is 1.47 bits per heavy atom. The van der Waals surface area contributed by atoms with Crippen molar-refractivity contribution in [3.05, 3.63) is 60.2 Å². The fourth-order valence-corrected chi connectivity index (χ4v) is 4.44. The first kappa shape index (κ1) is 26.7. The average molecular weight is 488 g/mol. The SMILES string of the molecule is CCN(CC)S(=O)(=O)c1ccc(/C=C/C(=O)OC(C)C(=O)Nc2ccc(NC(C)=O)cc2)cc1. The van der Waals surface area contributed by atoms with Crippen molar-refractivity contribution in [2.24, 2.45) is 0 Å². The van der Waals surface area contributed by atoms with Gasteiger partial charge >= 0.3 is 5.97 Å². The lowest BCUT2D eigenvalue weighted by molar-refractivity contribution is -0.148. The third kappa shape index (κ3) is 7.53. The maximum absolute atomic E-state index is 12.5. The largest absolute Gasteiger partial charge is 0.449 e. The summed E-state index contributed by atoms with van der Waals surface area (Å²) in [6.07, 6.45) is 1.59. The Morgan fingerprint density at radius 1 is 0.941 bits per heavy atom. The molecule has 0 aromatic heterocycles. The molecule has 0 saturated heterocycles. The fourth-order valence-electron chi connectivity index (χ4n) is 2.98. The number of ether oxygens (including phenoxy) is 1. The maximum Gasteiger partial charge on any atom is 0.331 e. The van der Waals surface area contributed by atoms with Gasteiger partial charge in [0.1, 0.15) is 0 Å². The van der Waals surface area contributed by atoms with Gasteiger partial charge in [-0.1, -0.05) is 26.0 Å². The van der Waals surface area contributed by atoms with Gasteiger partial charge in [0, 0.05) is 37.5 Å². The number of amides is 2. The van der Waals surface area contributed by atoms with Crippen LogP contribution in [0.15, 0.2) is 59.5 Å². The second-order valence-corrected chi connectivity index (χ2v) is 9.26. The van der Waals surface area contributed by atoms with Crippen LogP contribution in [0.1, 0.15) is 33.3 Å². The third-order valence-corrected chi connectivity index (χ3v) is 6.83. The van der Waals surface area contributed by atoms with Crippen LogP contribution in [0, 0.1) is 0 Å². The number of anilines is 2. The Bertz CT molecular complexity index is 1140. The number of hydrogen-bond acceptors (Lipinski definition) is 6. The van der Waals surface area contributed by atoms with E-state index in [-0.39, 0.29) is 10.8 Å². The fraction of sp³-hybridized carbons (Fsp3) is 0.292. The van der Waals surface area contributed by atoms with E-state index in [4.69, 9.17) is 4.74 Å². The molecule has 1 unspecified atom stereocenters. The van der Waals surface area contributed by atoms with Crippen LogP contribution in [-0.4, -0.2) is 49.7 Å². The lowest BCUT2D eigenvalue weighted by Crippen LogP contribution is -2.30. The molecule has 2 aromatic rings. The van der Waals surface area contributed by atoms with Crippen LogP contribution >= 0.6 is 0 Å². The summed E-state index contributed by atoms with van der Waals surface area (Å²) >= 11 is 0. The summed E-state index contributed by atoms with van der Waals surface area (Å²) in [6, 6.07) is 12.6. The molecule has 0 aliphatic carbocycles. The number of sulfonamides is 1. The highest BCUT2D eigenvalue weighted by atomic mass is 32.2. The van der Waals surface area contributed by atoms with E-state index in [1.807, 2.05) is 0 Å². The summed E-state index contributed by atoms with van der Waals surface area (Å²) in [5.41, 5.74) is 1.68. The van der Waals surface area contributed by atoms with Crippen molar-refractivity contribution in [3.63, 3.8) is 0 Å². The van der Waals surface area contributed by atoms with E-state index in [9.17, 15) is 22.8 Å². The van der Waals surface area contributed by atoms with E-state index in [1.165, 1.54) is 42.4 Å². The number of nitrogens with zero attached hydrogens (tertiary/aromatic N) is 1. The molecular formula is C24H29N3O6S. The van der Waals surface area contributed by atoms with Crippen molar-refractivity contribution in [2.45, 2.75) is 38.7 Å². The number of nitrogens with one attached hydrogen (secondary N) is 2. The summed E-state index contributed by atoms with van der Waals surface area (Å²) in [4.78, 5) is 35.6. The molecular weight excluding hydrogens is 458 g/mol. The third-order valence-electron chi connectivity index (χ3n) is 4.77. The van der Waals surface area contributed by atoms with E-state index >= 15 is 0 Å². The number of esters is 1. The van der Waals surface area contributed by atoms with E-state index < -0.39 is 28.0 Å². The predicted molar refractivity (Wildman–Crippen MR) is 131 cm³/mol. The molecule has 0 fully saturated rings. The van der Waals surface area contributed by atoms with Crippen LogP contribution < -0.4 is 10.6 Å². The van der Waals surface area contributed by atoms with E-state index in [2.05, 4.69) is 10.6 Å². The predicted octanol–water partition coefficient (Wildman–Crippen LogP) is 3.26. The standard InChI is InChI=1S/C24H29N3O6S/c1-5-27(6-2)34(31,32)22-14-7-19(8-15-22)9-16-23(29)33-17(3)24(30)26-21-12-10-20(11-13-21)25-18(4)28/h7-17H,5-6H2,1-4H3,(H,25,28)(H,26,30)/b16-9+. The van der Waals surface area contributed by atoms with Crippen molar-refractivity contribution >= 4 is 45.3 Å². The number of carbonyl (C=O) groups excluding carboxylic acids is 3. The summed E-state index contributed by atoms with van der Waals surface area (Å²) in [6.45, 7) is 7.14. The van der Waals surface area contributed by atoms with Gasteiger partial charge in [-0.2, -0.15) is 4.31 Å². The first-order chi connectivity index (χ1) is 16.1. The van der Waals surface area contributed by atoms with Crippen molar-refractivity contribution in [2.75, 3.05) is 23.7 Å². The minimum atomic E-state index is -3.55. The zero-order valence-corrected chi connectivity index (χ0v) is 20.4. The highest BCUT2D eigenvalue weighted by Crippen LogP contribution is 2.17. The number of rotatable bonds is 10. The van der Waals surface area contributed by atoms with Crippen molar-refractivity contribution < 1.29 is 27.5 Å². The molecule has 0 heterocycles. The highest BCUT2D eigenvalue weighted by Gasteiger charge is 2.21. The van der Waals surface area contributed by atoms with E-state index in [0.717, 1.165) is 0 Å². The molecule has 1 atom stereocenters. The Balaban J connectivity index is 1.92. The van der Waals surface area contributed by atoms with Crippen LogP contribution in [0.2, 0.25) is 0 Å². The highest BCUT2D eigenvalue weighted by molar-refractivity contribution is 7.89. The molecule has 10 heteroatoms. The van der Waals surface area contributed by atoms with Gasteiger partial charge in [0.25, 0.3) is 5.91 Å². The van der Waals surface area contributed by atoms with Crippen molar-refractivity contribution in [3.8, 4) is 0 Å². The first-order valence-electron chi connectivity index (χ1n) is 10.7. The normalized spacial score (nSPS) is 12.4. The van der Waals surface area contributed by atoms with Gasteiger partial charge < -0.3 is 15.4 Å². The summed E-state index contributed by atoms with van der Waals surface area (Å²) in [7, 11) is -3.55. The topological polar surface area (TPSA) is 122 Å². The Labute approximate surface area is 199 Å². The summed E-state index contributed by atoms with van der Waals surface area (Å²) in [5, 5.41) is 5.25. The molecule has 2 amide bonds. The smallest absolute Gasteiger partial charge is 0.331 e. The van der Waals surface area contributed by atoms with Crippen molar-refractivity contribution in [1.82, 2.24) is 4.31 Å². The molecule has 0 radical (unpaired) electrons. The molecule has 2 aromatic carbocycles. The number of hydrogen-bond donors (Lipinski definition) is 2. The van der Waals surface area contributed by atoms with E-state index in [1.54, 1.807) is 50.2 Å². The molecule has 2 rings (SSSR count). The van der Waals surface area contributed by atoms with Gasteiger partial charge in [-0.25, -0.2) is 13.2 Å². The quantitative estimate of drug-likeness (QED) is 0.392. The second-order valence-electron chi connectivity index (χ2n) is 7.32. The second kappa shape index (κ2) is 12.1. The Kier molecular flexibility index (Phi) is 9.52.